The molecule has 136 valence electrons. The summed E-state index contributed by atoms with van der Waals surface area (Å²) in [5.41, 5.74) is 0. The fourth-order valence-corrected chi connectivity index (χ4v) is 4.35. The first-order chi connectivity index (χ1) is 12.2. The molecule has 0 radical (unpaired) electrons. The number of carbonyl (C=O) groups excluding carboxylic acids is 2. The molecule has 1 aromatic rings. The molecule has 3 heterocycles. The number of hydrogen-bond donors (Lipinski definition) is 0. The van der Waals surface area contributed by atoms with Gasteiger partial charge in [0.15, 0.2) is 0 Å². The molecule has 2 atom stereocenters. The van der Waals surface area contributed by atoms with Crippen LogP contribution in [0, 0.1) is 11.8 Å². The summed E-state index contributed by atoms with van der Waals surface area (Å²) in [6, 6.07) is 3.94. The van der Waals surface area contributed by atoms with Gasteiger partial charge < -0.3 is 14.2 Å². The van der Waals surface area contributed by atoms with Crippen molar-refractivity contribution in [2.75, 3.05) is 19.6 Å². The van der Waals surface area contributed by atoms with Crippen LogP contribution in [0.3, 0.4) is 0 Å². The normalized spacial score (nSPS) is 27.8. The second-order valence-corrected chi connectivity index (χ2v) is 7.81. The van der Waals surface area contributed by atoms with Crippen LogP contribution in [0.1, 0.15) is 63.2 Å². The molecule has 25 heavy (non-hydrogen) atoms. The largest absolute Gasteiger partial charge is 0.467 e. The first-order valence-corrected chi connectivity index (χ1v) is 9.86. The van der Waals surface area contributed by atoms with E-state index in [1.807, 2.05) is 21.9 Å². The topological polar surface area (TPSA) is 53.8 Å². The second kappa shape index (κ2) is 7.22. The molecule has 2 saturated heterocycles. The van der Waals surface area contributed by atoms with Crippen LogP contribution in [0.15, 0.2) is 22.8 Å². The number of carbonyl (C=O) groups is 2. The Bertz CT molecular complexity index is 608. The minimum Gasteiger partial charge on any atom is -0.467 e. The molecule has 2 aliphatic heterocycles. The molecule has 3 fully saturated rings. The van der Waals surface area contributed by atoms with E-state index < -0.39 is 0 Å². The average Bonchev–Trinajstić information content (AvgIpc) is 3.41. The average molecular weight is 344 g/mol. The van der Waals surface area contributed by atoms with Crippen molar-refractivity contribution in [3.05, 3.63) is 24.2 Å². The van der Waals surface area contributed by atoms with Gasteiger partial charge in [-0.1, -0.05) is 12.8 Å². The minimum absolute atomic E-state index is 0.0491. The van der Waals surface area contributed by atoms with Crippen molar-refractivity contribution in [3.8, 4) is 0 Å². The number of hydrogen-bond acceptors (Lipinski definition) is 3. The van der Waals surface area contributed by atoms with Crippen LogP contribution < -0.4 is 0 Å². The van der Waals surface area contributed by atoms with Crippen LogP contribution in [-0.2, 0) is 9.59 Å². The Morgan fingerprint density at radius 2 is 1.80 bits per heavy atom. The Labute approximate surface area is 149 Å². The summed E-state index contributed by atoms with van der Waals surface area (Å²) in [5, 5.41) is 0. The smallest absolute Gasteiger partial charge is 0.228 e. The Balaban J connectivity index is 1.48. The molecular weight excluding hydrogens is 316 g/mol. The third kappa shape index (κ3) is 3.60. The third-order valence-electron chi connectivity index (χ3n) is 5.92. The van der Waals surface area contributed by atoms with Gasteiger partial charge in [0.1, 0.15) is 5.76 Å². The van der Waals surface area contributed by atoms with Gasteiger partial charge in [-0.3, -0.25) is 9.59 Å². The molecule has 1 saturated carbocycles. The van der Waals surface area contributed by atoms with E-state index in [-0.39, 0.29) is 29.7 Å². The predicted molar refractivity (Wildman–Crippen MR) is 93.7 cm³/mol. The van der Waals surface area contributed by atoms with Gasteiger partial charge in [0, 0.05) is 25.6 Å². The summed E-state index contributed by atoms with van der Waals surface area (Å²) < 4.78 is 5.64. The highest BCUT2D eigenvalue weighted by Gasteiger charge is 2.39. The molecule has 0 aromatic carbocycles. The van der Waals surface area contributed by atoms with Gasteiger partial charge in [-0.05, 0) is 50.7 Å². The van der Waals surface area contributed by atoms with Gasteiger partial charge >= 0.3 is 0 Å². The molecule has 1 aromatic heterocycles. The number of amides is 2. The summed E-state index contributed by atoms with van der Waals surface area (Å²) in [6.45, 7) is 2.23. The van der Waals surface area contributed by atoms with Crippen LogP contribution in [0.4, 0.5) is 0 Å². The number of rotatable bonds is 3. The molecule has 1 aliphatic carbocycles. The first kappa shape index (κ1) is 16.7. The lowest BCUT2D eigenvalue weighted by Gasteiger charge is -2.37. The van der Waals surface area contributed by atoms with Crippen molar-refractivity contribution in [2.45, 2.75) is 57.4 Å². The lowest BCUT2D eigenvalue weighted by Crippen LogP contribution is -2.48. The third-order valence-corrected chi connectivity index (χ3v) is 5.92. The number of nitrogens with zero attached hydrogens (tertiary/aromatic N) is 2. The highest BCUT2D eigenvalue weighted by Crippen LogP contribution is 2.35. The lowest BCUT2D eigenvalue weighted by atomic mass is 9.95. The Morgan fingerprint density at radius 1 is 0.920 bits per heavy atom. The van der Waals surface area contributed by atoms with E-state index in [2.05, 4.69) is 0 Å². The second-order valence-electron chi connectivity index (χ2n) is 7.81. The van der Waals surface area contributed by atoms with Crippen LogP contribution in [0.25, 0.3) is 0 Å². The van der Waals surface area contributed by atoms with Crippen molar-refractivity contribution in [1.29, 1.82) is 0 Å². The molecule has 0 N–H and O–H groups in total. The Kier molecular flexibility index (Phi) is 4.82. The van der Waals surface area contributed by atoms with Crippen molar-refractivity contribution in [2.24, 2.45) is 11.8 Å². The fraction of sp³-hybridized carbons (Fsp3) is 0.700. The summed E-state index contributed by atoms with van der Waals surface area (Å²) in [4.78, 5) is 29.7. The molecule has 5 heteroatoms. The minimum atomic E-state index is -0.0491. The Morgan fingerprint density at radius 3 is 2.56 bits per heavy atom. The first-order valence-electron chi connectivity index (χ1n) is 9.86. The van der Waals surface area contributed by atoms with E-state index >= 15 is 0 Å². The molecule has 0 spiro atoms. The van der Waals surface area contributed by atoms with E-state index in [1.54, 1.807) is 6.26 Å². The summed E-state index contributed by atoms with van der Waals surface area (Å²) in [7, 11) is 0. The fourth-order valence-electron chi connectivity index (χ4n) is 4.35. The van der Waals surface area contributed by atoms with E-state index in [0.717, 1.165) is 70.2 Å². The van der Waals surface area contributed by atoms with Crippen LogP contribution >= 0.6 is 0 Å². The zero-order chi connectivity index (χ0) is 17.2. The molecule has 3 aliphatic rings. The molecular formula is C20H28N2O3. The maximum absolute atomic E-state index is 13.3. The van der Waals surface area contributed by atoms with E-state index in [0.29, 0.717) is 6.54 Å². The van der Waals surface area contributed by atoms with Gasteiger partial charge in [-0.2, -0.15) is 0 Å². The summed E-state index contributed by atoms with van der Waals surface area (Å²) >= 11 is 0. The van der Waals surface area contributed by atoms with Crippen molar-refractivity contribution >= 4 is 11.8 Å². The molecule has 5 nitrogen and oxygen atoms in total. The predicted octanol–water partition coefficient (Wildman–Crippen LogP) is 3.37. The summed E-state index contributed by atoms with van der Waals surface area (Å²) in [6.07, 6.45) is 9.91. The van der Waals surface area contributed by atoms with E-state index in [9.17, 15) is 9.59 Å². The van der Waals surface area contributed by atoms with Crippen LogP contribution in [-0.4, -0.2) is 41.2 Å². The highest BCUT2D eigenvalue weighted by atomic mass is 16.3. The number of piperidine rings is 1. The van der Waals surface area contributed by atoms with Crippen molar-refractivity contribution in [3.63, 3.8) is 0 Å². The highest BCUT2D eigenvalue weighted by molar-refractivity contribution is 5.83. The monoisotopic (exact) mass is 344 g/mol. The zero-order valence-electron chi connectivity index (χ0n) is 14.9. The van der Waals surface area contributed by atoms with Crippen molar-refractivity contribution in [1.82, 2.24) is 9.80 Å². The Hall–Kier alpha value is -1.78. The van der Waals surface area contributed by atoms with Gasteiger partial charge in [-0.25, -0.2) is 0 Å². The molecule has 4 rings (SSSR count). The number of furan rings is 1. The van der Waals surface area contributed by atoms with Gasteiger partial charge in [0.25, 0.3) is 0 Å². The maximum atomic E-state index is 13.3. The van der Waals surface area contributed by atoms with Crippen LogP contribution in [0.5, 0.6) is 0 Å². The summed E-state index contributed by atoms with van der Waals surface area (Å²) in [5.74, 6) is 1.58. The SMILES string of the molecule is O=C(C1CC1)N1CCCC(C(=O)N2CCCCCC2c2ccco2)C1. The lowest BCUT2D eigenvalue weighted by molar-refractivity contribution is -0.143. The molecule has 2 amide bonds. The number of likely N-dealkylation sites (tertiary alicyclic amines) is 2. The molecule has 0 bridgehead atoms. The molecule has 2 unspecified atom stereocenters. The standard InChI is InChI=1S/C20H28N2O3/c23-19(15-9-10-15)21-11-4-6-16(14-21)20(24)22-12-3-1-2-7-17(22)18-8-5-13-25-18/h5,8,13,15-17H,1-4,6-7,9-12,14H2. The van der Waals surface area contributed by atoms with E-state index in [1.165, 1.54) is 0 Å². The van der Waals surface area contributed by atoms with Gasteiger partial charge in [0.05, 0.1) is 18.2 Å². The zero-order valence-corrected chi connectivity index (χ0v) is 14.9. The van der Waals surface area contributed by atoms with Gasteiger partial charge in [0.2, 0.25) is 11.8 Å². The van der Waals surface area contributed by atoms with E-state index in [4.69, 9.17) is 4.42 Å². The van der Waals surface area contributed by atoms with Crippen LogP contribution in [0.2, 0.25) is 0 Å². The van der Waals surface area contributed by atoms with Gasteiger partial charge in [-0.15, -0.1) is 0 Å². The van der Waals surface area contributed by atoms with Crippen molar-refractivity contribution < 1.29 is 14.0 Å². The maximum Gasteiger partial charge on any atom is 0.228 e. The quantitative estimate of drug-likeness (QED) is 0.845.